The molecule has 0 spiro atoms. The second kappa shape index (κ2) is 2.79. The zero-order chi connectivity index (χ0) is 9.47. The molecular formula is C6H9N3O3S. The molecule has 0 aliphatic carbocycles. The minimum atomic E-state index is -3.70. The maximum Gasteiger partial charge on any atom is 0.272 e. The Balaban J connectivity index is 2.55. The van der Waals surface area contributed by atoms with Crippen LogP contribution in [-0.4, -0.2) is 24.6 Å². The number of ether oxygens (including phenoxy) is 1. The first kappa shape index (κ1) is 8.67. The highest BCUT2D eigenvalue weighted by Gasteiger charge is 2.21. The van der Waals surface area contributed by atoms with Crippen molar-refractivity contribution in [1.29, 1.82) is 0 Å². The van der Waals surface area contributed by atoms with E-state index >= 15 is 0 Å². The number of hydrogen-bond acceptors (Lipinski definition) is 4. The van der Waals surface area contributed by atoms with Gasteiger partial charge in [-0.2, -0.15) is 0 Å². The molecule has 72 valence electrons. The molecule has 1 aliphatic rings. The molecule has 1 aromatic heterocycles. The van der Waals surface area contributed by atoms with Crippen LogP contribution in [0.25, 0.3) is 0 Å². The first-order chi connectivity index (χ1) is 6.09. The molecule has 6 nitrogen and oxygen atoms in total. The van der Waals surface area contributed by atoms with Crippen molar-refractivity contribution in [2.75, 3.05) is 6.61 Å². The second-order valence-corrected chi connectivity index (χ2v) is 4.24. The van der Waals surface area contributed by atoms with Crippen molar-refractivity contribution >= 4 is 10.0 Å². The van der Waals surface area contributed by atoms with Gasteiger partial charge in [0.15, 0.2) is 0 Å². The van der Waals surface area contributed by atoms with Crippen LogP contribution in [0.5, 0.6) is 0 Å². The quantitative estimate of drug-likeness (QED) is 0.638. The van der Waals surface area contributed by atoms with E-state index in [0.29, 0.717) is 19.8 Å². The number of nitrogens with two attached hydrogens (primary N) is 1. The maximum atomic E-state index is 11.0. The van der Waals surface area contributed by atoms with Crippen LogP contribution in [0.2, 0.25) is 0 Å². The zero-order valence-electron chi connectivity index (χ0n) is 6.80. The Morgan fingerprint density at radius 3 is 3.08 bits per heavy atom. The molecular weight excluding hydrogens is 194 g/mol. The lowest BCUT2D eigenvalue weighted by atomic mass is 10.4. The van der Waals surface area contributed by atoms with Gasteiger partial charge in [0.05, 0.1) is 25.1 Å². The fourth-order valence-corrected chi connectivity index (χ4v) is 2.02. The lowest BCUT2D eigenvalue weighted by molar-refractivity contribution is 0.0817. The van der Waals surface area contributed by atoms with Crippen molar-refractivity contribution in [1.82, 2.24) is 9.55 Å². The van der Waals surface area contributed by atoms with E-state index in [4.69, 9.17) is 9.88 Å². The van der Waals surface area contributed by atoms with Crippen LogP contribution in [0, 0.1) is 0 Å². The summed E-state index contributed by atoms with van der Waals surface area (Å²) in [6.45, 7) is 1.37. The summed E-state index contributed by atoms with van der Waals surface area (Å²) in [4.78, 5) is 3.74. The molecule has 0 radical (unpaired) electrons. The summed E-state index contributed by atoms with van der Waals surface area (Å²) in [5, 5.41) is 4.90. The lowest BCUT2D eigenvalue weighted by Crippen LogP contribution is -2.23. The van der Waals surface area contributed by atoms with Crippen molar-refractivity contribution in [3.63, 3.8) is 0 Å². The van der Waals surface area contributed by atoms with E-state index in [2.05, 4.69) is 4.98 Å². The highest BCUT2D eigenvalue weighted by atomic mass is 32.2. The molecule has 0 saturated carbocycles. The molecule has 0 bridgehead atoms. The van der Waals surface area contributed by atoms with E-state index in [1.807, 2.05) is 0 Å². The Bertz CT molecular complexity index is 422. The van der Waals surface area contributed by atoms with Gasteiger partial charge < -0.3 is 9.30 Å². The Labute approximate surface area is 75.4 Å². The van der Waals surface area contributed by atoms with Gasteiger partial charge in [-0.3, -0.25) is 0 Å². The summed E-state index contributed by atoms with van der Waals surface area (Å²) in [6.07, 6.45) is 1.47. The van der Waals surface area contributed by atoms with Gasteiger partial charge in [-0.25, -0.2) is 18.5 Å². The molecule has 0 atom stereocenters. The normalized spacial score (nSPS) is 17.0. The number of rotatable bonds is 1. The van der Waals surface area contributed by atoms with Gasteiger partial charge in [-0.1, -0.05) is 0 Å². The Morgan fingerprint density at radius 2 is 2.38 bits per heavy atom. The van der Waals surface area contributed by atoms with Crippen LogP contribution in [0.4, 0.5) is 0 Å². The number of aromatic nitrogens is 2. The molecule has 7 heteroatoms. The molecule has 1 aliphatic heterocycles. The van der Waals surface area contributed by atoms with Crippen LogP contribution >= 0.6 is 0 Å². The SMILES string of the molecule is NS(=O)(=O)c1ncc2n1CCOC2. The first-order valence-corrected chi connectivity index (χ1v) is 5.28. The summed E-state index contributed by atoms with van der Waals surface area (Å²) in [5.74, 6) is 0. The van der Waals surface area contributed by atoms with Crippen molar-refractivity contribution in [3.8, 4) is 0 Å². The Hall–Kier alpha value is -0.920. The van der Waals surface area contributed by atoms with Crippen molar-refractivity contribution in [2.24, 2.45) is 5.14 Å². The number of sulfonamides is 1. The van der Waals surface area contributed by atoms with E-state index < -0.39 is 10.0 Å². The number of nitrogens with zero attached hydrogens (tertiary/aromatic N) is 2. The Kier molecular flexibility index (Phi) is 1.86. The molecule has 2 rings (SSSR count). The van der Waals surface area contributed by atoms with Gasteiger partial charge >= 0.3 is 0 Å². The maximum absolute atomic E-state index is 11.0. The van der Waals surface area contributed by atoms with Gasteiger partial charge in [0.1, 0.15) is 0 Å². The van der Waals surface area contributed by atoms with Gasteiger partial charge in [-0.15, -0.1) is 0 Å². The molecule has 2 N–H and O–H groups in total. The molecule has 13 heavy (non-hydrogen) atoms. The highest BCUT2D eigenvalue weighted by Crippen LogP contribution is 2.14. The zero-order valence-corrected chi connectivity index (χ0v) is 7.62. The summed E-state index contributed by atoms with van der Waals surface area (Å²) in [5.41, 5.74) is 0.746. The summed E-state index contributed by atoms with van der Waals surface area (Å²) < 4.78 is 28.7. The van der Waals surface area contributed by atoms with Crippen LogP contribution in [0.15, 0.2) is 11.4 Å². The van der Waals surface area contributed by atoms with Gasteiger partial charge in [-0.05, 0) is 0 Å². The van der Waals surface area contributed by atoms with Crippen LogP contribution < -0.4 is 5.14 Å². The third-order valence-corrected chi connectivity index (χ3v) is 2.70. The number of hydrogen-bond donors (Lipinski definition) is 1. The molecule has 1 aromatic rings. The van der Waals surface area contributed by atoms with E-state index in [-0.39, 0.29) is 5.16 Å². The minimum absolute atomic E-state index is 0.0780. The lowest BCUT2D eigenvalue weighted by Gasteiger charge is -2.15. The van der Waals surface area contributed by atoms with Crippen molar-refractivity contribution < 1.29 is 13.2 Å². The third kappa shape index (κ3) is 1.45. The van der Waals surface area contributed by atoms with Gasteiger partial charge in [0.25, 0.3) is 10.0 Å². The predicted octanol–water partition coefficient (Wildman–Crippen LogP) is -0.939. The fraction of sp³-hybridized carbons (Fsp3) is 0.500. The standard InChI is InChI=1S/C6H9N3O3S/c7-13(10,11)6-8-3-5-4-12-2-1-9(5)6/h3H,1-2,4H2,(H2,7,10,11). The molecule has 0 unspecified atom stereocenters. The number of primary sulfonamides is 1. The number of imidazole rings is 1. The molecule has 0 fully saturated rings. The predicted molar refractivity (Wildman–Crippen MR) is 43.3 cm³/mol. The van der Waals surface area contributed by atoms with Crippen LogP contribution in [0.3, 0.4) is 0 Å². The molecule has 2 heterocycles. The third-order valence-electron chi connectivity index (χ3n) is 1.87. The summed E-state index contributed by atoms with van der Waals surface area (Å²) in [7, 11) is -3.70. The van der Waals surface area contributed by atoms with Gasteiger partial charge in [0, 0.05) is 6.54 Å². The van der Waals surface area contributed by atoms with Gasteiger partial charge in [0.2, 0.25) is 5.16 Å². The average Bonchev–Trinajstić information content (AvgIpc) is 2.45. The molecule has 0 amide bonds. The number of fused-ring (bicyclic) bond motifs is 1. The average molecular weight is 203 g/mol. The Morgan fingerprint density at radius 1 is 1.62 bits per heavy atom. The topological polar surface area (TPSA) is 87.2 Å². The van der Waals surface area contributed by atoms with E-state index in [0.717, 1.165) is 5.69 Å². The van der Waals surface area contributed by atoms with Crippen LogP contribution in [0.1, 0.15) is 5.69 Å². The smallest absolute Gasteiger partial charge is 0.272 e. The van der Waals surface area contributed by atoms with Crippen molar-refractivity contribution in [3.05, 3.63) is 11.9 Å². The largest absolute Gasteiger partial charge is 0.373 e. The van der Waals surface area contributed by atoms with Crippen LogP contribution in [-0.2, 0) is 27.9 Å². The highest BCUT2D eigenvalue weighted by molar-refractivity contribution is 7.89. The molecule has 0 saturated heterocycles. The van der Waals surface area contributed by atoms with E-state index in [9.17, 15) is 8.42 Å². The molecule has 0 aromatic carbocycles. The fourth-order valence-electron chi connectivity index (χ4n) is 1.31. The second-order valence-electron chi connectivity index (χ2n) is 2.78. The first-order valence-electron chi connectivity index (χ1n) is 3.74. The monoisotopic (exact) mass is 203 g/mol. The van der Waals surface area contributed by atoms with E-state index in [1.165, 1.54) is 6.20 Å². The van der Waals surface area contributed by atoms with E-state index in [1.54, 1.807) is 4.57 Å². The van der Waals surface area contributed by atoms with Crippen molar-refractivity contribution in [2.45, 2.75) is 18.3 Å². The summed E-state index contributed by atoms with van der Waals surface area (Å²) in [6, 6.07) is 0. The minimum Gasteiger partial charge on any atom is -0.373 e. The summed E-state index contributed by atoms with van der Waals surface area (Å²) >= 11 is 0.